The van der Waals surface area contributed by atoms with Crippen molar-refractivity contribution in [3.8, 4) is 0 Å². The van der Waals surface area contributed by atoms with Crippen molar-refractivity contribution in [1.29, 1.82) is 0 Å². The number of alkyl halides is 3. The summed E-state index contributed by atoms with van der Waals surface area (Å²) in [5.41, 5.74) is -1.13. The molecule has 0 saturated heterocycles. The van der Waals surface area contributed by atoms with Crippen molar-refractivity contribution in [2.75, 3.05) is 0 Å². The monoisotopic (exact) mass is 222 g/mol. The number of halogens is 3. The molecule has 6 heteroatoms. The summed E-state index contributed by atoms with van der Waals surface area (Å²) in [5.74, 6) is 5.06. The van der Waals surface area contributed by atoms with Crippen molar-refractivity contribution in [2.45, 2.75) is 16.9 Å². The van der Waals surface area contributed by atoms with Gasteiger partial charge in [0.05, 0.1) is 0 Å². The molecule has 0 spiro atoms. The third kappa shape index (κ3) is 3.99. The molecule has 0 bridgehead atoms. The SMILES string of the molecule is NNCc1cccc(SC(F)(F)F)c1. The lowest BCUT2D eigenvalue weighted by molar-refractivity contribution is -0.0328. The van der Waals surface area contributed by atoms with Gasteiger partial charge in [0.25, 0.3) is 0 Å². The predicted octanol–water partition coefficient (Wildman–Crippen LogP) is 2.26. The topological polar surface area (TPSA) is 38.0 Å². The van der Waals surface area contributed by atoms with Gasteiger partial charge in [0.2, 0.25) is 0 Å². The first-order valence-corrected chi connectivity index (χ1v) is 4.61. The number of nitrogens with two attached hydrogens (primary N) is 1. The van der Waals surface area contributed by atoms with E-state index in [9.17, 15) is 13.2 Å². The highest BCUT2D eigenvalue weighted by molar-refractivity contribution is 8.00. The Balaban J connectivity index is 2.73. The molecule has 0 amide bonds. The number of hydrazine groups is 1. The molecule has 0 aliphatic rings. The van der Waals surface area contributed by atoms with E-state index in [1.54, 1.807) is 12.1 Å². The van der Waals surface area contributed by atoms with Crippen LogP contribution in [0.5, 0.6) is 0 Å². The third-order valence-corrected chi connectivity index (χ3v) is 2.16. The molecule has 0 saturated carbocycles. The first-order chi connectivity index (χ1) is 6.51. The average Bonchev–Trinajstić information content (AvgIpc) is 2.02. The summed E-state index contributed by atoms with van der Waals surface area (Å²) in [6.07, 6.45) is 0. The molecule has 0 radical (unpaired) electrons. The van der Waals surface area contributed by atoms with Gasteiger partial charge >= 0.3 is 5.51 Å². The van der Waals surface area contributed by atoms with E-state index in [4.69, 9.17) is 5.84 Å². The Morgan fingerprint density at radius 1 is 1.36 bits per heavy atom. The largest absolute Gasteiger partial charge is 0.446 e. The minimum Gasteiger partial charge on any atom is -0.271 e. The van der Waals surface area contributed by atoms with Gasteiger partial charge in [0.1, 0.15) is 0 Å². The van der Waals surface area contributed by atoms with Crippen LogP contribution in [0.2, 0.25) is 0 Å². The minimum atomic E-state index is -4.24. The number of nitrogens with one attached hydrogen (secondary N) is 1. The quantitative estimate of drug-likeness (QED) is 0.468. The molecular formula is C8H9F3N2S. The Morgan fingerprint density at radius 2 is 2.07 bits per heavy atom. The van der Waals surface area contributed by atoms with Crippen LogP contribution in [-0.2, 0) is 6.54 Å². The molecule has 2 nitrogen and oxygen atoms in total. The summed E-state index contributed by atoms with van der Waals surface area (Å²) >= 11 is -0.128. The number of rotatable bonds is 3. The number of hydrogen-bond acceptors (Lipinski definition) is 3. The molecule has 0 unspecified atom stereocenters. The third-order valence-electron chi connectivity index (χ3n) is 1.44. The van der Waals surface area contributed by atoms with E-state index in [0.717, 1.165) is 5.56 Å². The van der Waals surface area contributed by atoms with Crippen molar-refractivity contribution in [1.82, 2.24) is 5.43 Å². The smallest absolute Gasteiger partial charge is 0.271 e. The van der Waals surface area contributed by atoms with Gasteiger partial charge in [0, 0.05) is 11.4 Å². The van der Waals surface area contributed by atoms with Crippen LogP contribution in [0.4, 0.5) is 13.2 Å². The second-order valence-corrected chi connectivity index (χ2v) is 3.71. The summed E-state index contributed by atoms with van der Waals surface area (Å²) in [5, 5.41) is 0. The zero-order valence-electron chi connectivity index (χ0n) is 7.14. The van der Waals surface area contributed by atoms with E-state index >= 15 is 0 Å². The fourth-order valence-corrected chi connectivity index (χ4v) is 1.59. The molecule has 0 aliphatic carbocycles. The first kappa shape index (κ1) is 11.4. The van der Waals surface area contributed by atoms with E-state index < -0.39 is 5.51 Å². The Labute approximate surface area is 83.6 Å². The van der Waals surface area contributed by atoms with Crippen molar-refractivity contribution < 1.29 is 13.2 Å². The van der Waals surface area contributed by atoms with Crippen molar-refractivity contribution >= 4 is 11.8 Å². The van der Waals surface area contributed by atoms with Crippen LogP contribution >= 0.6 is 11.8 Å². The van der Waals surface area contributed by atoms with Gasteiger partial charge in [-0.15, -0.1) is 0 Å². The van der Waals surface area contributed by atoms with Crippen molar-refractivity contribution in [3.63, 3.8) is 0 Å². The maximum absolute atomic E-state index is 12.0. The molecule has 3 N–H and O–H groups in total. The molecule has 0 fully saturated rings. The van der Waals surface area contributed by atoms with Gasteiger partial charge < -0.3 is 0 Å². The molecule has 78 valence electrons. The van der Waals surface area contributed by atoms with Crippen LogP contribution in [-0.4, -0.2) is 5.51 Å². The van der Waals surface area contributed by atoms with Crippen LogP contribution in [0.1, 0.15) is 5.56 Å². The van der Waals surface area contributed by atoms with E-state index in [0.29, 0.717) is 6.54 Å². The highest BCUT2D eigenvalue weighted by Gasteiger charge is 2.29. The second-order valence-electron chi connectivity index (χ2n) is 2.58. The Morgan fingerprint density at radius 3 is 2.64 bits per heavy atom. The van der Waals surface area contributed by atoms with Crippen LogP contribution in [0.25, 0.3) is 0 Å². The molecule has 0 aliphatic heterocycles. The molecule has 0 heterocycles. The molecule has 0 atom stereocenters. The van der Waals surface area contributed by atoms with Gasteiger partial charge in [-0.2, -0.15) is 13.2 Å². The van der Waals surface area contributed by atoms with E-state index in [-0.39, 0.29) is 16.7 Å². The fraction of sp³-hybridized carbons (Fsp3) is 0.250. The lowest BCUT2D eigenvalue weighted by Gasteiger charge is -2.06. The van der Waals surface area contributed by atoms with Crippen molar-refractivity contribution in [3.05, 3.63) is 29.8 Å². The van der Waals surface area contributed by atoms with Gasteiger partial charge in [-0.3, -0.25) is 11.3 Å². The van der Waals surface area contributed by atoms with Gasteiger partial charge in [-0.1, -0.05) is 12.1 Å². The fourth-order valence-electron chi connectivity index (χ4n) is 0.970. The lowest BCUT2D eigenvalue weighted by Crippen LogP contribution is -2.20. The Hall–Kier alpha value is -0.720. The molecule has 0 aromatic heterocycles. The van der Waals surface area contributed by atoms with Crippen LogP contribution in [0, 0.1) is 0 Å². The van der Waals surface area contributed by atoms with Crippen molar-refractivity contribution in [2.24, 2.45) is 5.84 Å². The summed E-state index contributed by atoms with van der Waals surface area (Å²) in [6.45, 7) is 0.353. The maximum Gasteiger partial charge on any atom is 0.446 e. The molecular weight excluding hydrogens is 213 g/mol. The first-order valence-electron chi connectivity index (χ1n) is 3.79. The predicted molar refractivity (Wildman–Crippen MR) is 49.4 cm³/mol. The maximum atomic E-state index is 12.0. The van der Waals surface area contributed by atoms with E-state index in [2.05, 4.69) is 5.43 Å². The van der Waals surface area contributed by atoms with Gasteiger partial charge in [0.15, 0.2) is 0 Å². The second kappa shape index (κ2) is 4.68. The summed E-state index contributed by atoms with van der Waals surface area (Å²) in [4.78, 5) is 0.172. The van der Waals surface area contributed by atoms with Crippen LogP contribution < -0.4 is 11.3 Å². The van der Waals surface area contributed by atoms with Gasteiger partial charge in [-0.05, 0) is 29.5 Å². The minimum absolute atomic E-state index is 0.128. The van der Waals surface area contributed by atoms with Gasteiger partial charge in [-0.25, -0.2) is 0 Å². The Bertz CT molecular complexity index is 301. The summed E-state index contributed by atoms with van der Waals surface area (Å²) in [7, 11) is 0. The average molecular weight is 222 g/mol. The molecule has 1 aromatic carbocycles. The molecule has 1 rings (SSSR count). The van der Waals surface area contributed by atoms with Crippen LogP contribution in [0.3, 0.4) is 0 Å². The Kier molecular flexibility index (Phi) is 3.79. The van der Waals surface area contributed by atoms with Crippen LogP contribution in [0.15, 0.2) is 29.2 Å². The zero-order chi connectivity index (χ0) is 10.6. The highest BCUT2D eigenvalue weighted by atomic mass is 32.2. The molecule has 14 heavy (non-hydrogen) atoms. The summed E-state index contributed by atoms with van der Waals surface area (Å²) in [6, 6.07) is 6.15. The van der Waals surface area contributed by atoms with E-state index in [1.807, 2.05) is 0 Å². The highest BCUT2D eigenvalue weighted by Crippen LogP contribution is 2.36. The normalized spacial score (nSPS) is 11.7. The standard InChI is InChI=1S/C8H9F3N2S/c9-8(10,11)14-7-3-1-2-6(4-7)5-13-12/h1-4,13H,5,12H2. The number of hydrogen-bond donors (Lipinski definition) is 2. The number of thioether (sulfide) groups is 1. The molecule has 1 aromatic rings. The summed E-state index contributed by atoms with van der Waals surface area (Å²) < 4.78 is 35.9. The van der Waals surface area contributed by atoms with E-state index in [1.165, 1.54) is 12.1 Å². The lowest BCUT2D eigenvalue weighted by atomic mass is 10.2. The number of benzene rings is 1. The zero-order valence-corrected chi connectivity index (χ0v) is 7.95.